The Balaban J connectivity index is 1.86. The van der Waals surface area contributed by atoms with Crippen molar-refractivity contribution in [2.75, 3.05) is 24.2 Å². The quantitative estimate of drug-likeness (QED) is 0.925. The van der Waals surface area contributed by atoms with Crippen molar-refractivity contribution in [3.05, 3.63) is 29.3 Å². The van der Waals surface area contributed by atoms with Crippen molar-refractivity contribution >= 4 is 33.2 Å². The Labute approximate surface area is 124 Å². The fraction of sp³-hybridized carbons (Fsp3) is 0.462. The van der Waals surface area contributed by atoms with E-state index in [1.165, 1.54) is 4.31 Å². The summed E-state index contributed by atoms with van der Waals surface area (Å²) in [6.45, 7) is 0.738. The molecule has 0 aliphatic carbocycles. The van der Waals surface area contributed by atoms with Gasteiger partial charge in [-0.15, -0.1) is 0 Å². The van der Waals surface area contributed by atoms with Crippen molar-refractivity contribution in [1.82, 2.24) is 4.31 Å². The molecule has 2 rings (SSSR count). The van der Waals surface area contributed by atoms with Gasteiger partial charge in [0.15, 0.2) is 0 Å². The van der Waals surface area contributed by atoms with Crippen molar-refractivity contribution in [1.29, 1.82) is 0 Å². The third kappa shape index (κ3) is 4.19. The number of sulfonamides is 1. The number of hydrogen-bond donors (Lipinski definition) is 1. The van der Waals surface area contributed by atoms with Gasteiger partial charge in [-0.3, -0.25) is 4.79 Å². The van der Waals surface area contributed by atoms with Gasteiger partial charge in [0.25, 0.3) is 0 Å². The van der Waals surface area contributed by atoms with Crippen molar-refractivity contribution in [2.45, 2.75) is 19.3 Å². The molecule has 0 atom stereocenters. The van der Waals surface area contributed by atoms with E-state index in [9.17, 15) is 13.2 Å². The molecule has 1 N–H and O–H groups in total. The zero-order valence-electron chi connectivity index (χ0n) is 11.0. The van der Waals surface area contributed by atoms with E-state index in [-0.39, 0.29) is 24.6 Å². The van der Waals surface area contributed by atoms with Crippen LogP contribution in [0.4, 0.5) is 5.69 Å². The van der Waals surface area contributed by atoms with E-state index in [2.05, 4.69) is 5.32 Å². The van der Waals surface area contributed by atoms with Gasteiger partial charge in [0.1, 0.15) is 0 Å². The average Bonchev–Trinajstić information content (AvgIpc) is 2.37. The summed E-state index contributed by atoms with van der Waals surface area (Å²) >= 11 is 5.83. The number of nitrogens with one attached hydrogen (secondary N) is 1. The topological polar surface area (TPSA) is 66.5 Å². The minimum Gasteiger partial charge on any atom is -0.326 e. The summed E-state index contributed by atoms with van der Waals surface area (Å²) in [6.07, 6.45) is 1.70. The van der Waals surface area contributed by atoms with Crippen LogP contribution in [0.15, 0.2) is 24.3 Å². The van der Waals surface area contributed by atoms with Crippen molar-refractivity contribution < 1.29 is 13.2 Å². The Bertz CT molecular complexity index is 589. The number of anilines is 1. The fourth-order valence-corrected chi connectivity index (χ4v) is 3.90. The van der Waals surface area contributed by atoms with Crippen LogP contribution in [0.1, 0.15) is 19.3 Å². The van der Waals surface area contributed by atoms with Crippen LogP contribution in [0.2, 0.25) is 5.02 Å². The highest BCUT2D eigenvalue weighted by molar-refractivity contribution is 7.89. The Morgan fingerprint density at radius 3 is 2.85 bits per heavy atom. The molecule has 0 radical (unpaired) electrons. The predicted molar refractivity (Wildman–Crippen MR) is 79.3 cm³/mol. The highest BCUT2D eigenvalue weighted by Crippen LogP contribution is 2.16. The van der Waals surface area contributed by atoms with Crippen molar-refractivity contribution in [2.24, 2.45) is 0 Å². The predicted octanol–water partition coefficient (Wildman–Crippen LogP) is 2.09. The Kier molecular flexibility index (Phi) is 5.01. The number of halogens is 1. The molecule has 1 amide bonds. The molecule has 5 nitrogen and oxygen atoms in total. The zero-order valence-corrected chi connectivity index (χ0v) is 12.6. The molecule has 110 valence electrons. The van der Waals surface area contributed by atoms with Crippen LogP contribution in [0.3, 0.4) is 0 Å². The van der Waals surface area contributed by atoms with E-state index in [0.29, 0.717) is 23.7 Å². The maximum atomic E-state index is 11.8. The maximum absolute atomic E-state index is 11.8. The van der Waals surface area contributed by atoms with Crippen LogP contribution in [0.5, 0.6) is 0 Å². The largest absolute Gasteiger partial charge is 0.326 e. The third-order valence-electron chi connectivity index (χ3n) is 3.15. The van der Waals surface area contributed by atoms with Gasteiger partial charge < -0.3 is 5.32 Å². The Morgan fingerprint density at radius 2 is 2.15 bits per heavy atom. The lowest BCUT2D eigenvalue weighted by Gasteiger charge is -2.25. The summed E-state index contributed by atoms with van der Waals surface area (Å²) < 4.78 is 24.9. The number of carbonyl (C=O) groups excluding carboxylic acids is 1. The lowest BCUT2D eigenvalue weighted by Crippen LogP contribution is -2.39. The first kappa shape index (κ1) is 15.3. The van der Waals surface area contributed by atoms with Gasteiger partial charge in [-0.25, -0.2) is 12.7 Å². The van der Waals surface area contributed by atoms with Crippen LogP contribution < -0.4 is 5.32 Å². The highest BCUT2D eigenvalue weighted by Gasteiger charge is 2.25. The van der Waals surface area contributed by atoms with Crippen LogP contribution in [0.25, 0.3) is 0 Å². The second kappa shape index (κ2) is 6.56. The van der Waals surface area contributed by atoms with E-state index in [1.54, 1.807) is 24.3 Å². The van der Waals surface area contributed by atoms with E-state index < -0.39 is 10.0 Å². The molecule has 0 aromatic heterocycles. The number of carbonyl (C=O) groups is 1. The van der Waals surface area contributed by atoms with E-state index >= 15 is 0 Å². The number of benzene rings is 1. The van der Waals surface area contributed by atoms with Gasteiger partial charge in [-0.05, 0) is 31.0 Å². The van der Waals surface area contributed by atoms with Crippen LogP contribution in [-0.4, -0.2) is 37.5 Å². The first-order chi connectivity index (χ1) is 9.47. The molecule has 0 spiro atoms. The van der Waals surface area contributed by atoms with Crippen molar-refractivity contribution in [3.8, 4) is 0 Å². The summed E-state index contributed by atoms with van der Waals surface area (Å²) in [4.78, 5) is 11.8. The smallest absolute Gasteiger partial charge is 0.225 e. The molecule has 1 aliphatic rings. The van der Waals surface area contributed by atoms with E-state index in [4.69, 9.17) is 11.6 Å². The summed E-state index contributed by atoms with van der Waals surface area (Å²) in [5.41, 5.74) is 0.615. The molecule has 1 aromatic carbocycles. The van der Waals surface area contributed by atoms with Gasteiger partial charge >= 0.3 is 0 Å². The molecular weight excluding hydrogens is 300 g/mol. The molecule has 1 aliphatic heterocycles. The fourth-order valence-electron chi connectivity index (χ4n) is 2.11. The Morgan fingerprint density at radius 1 is 1.35 bits per heavy atom. The number of rotatable bonds is 4. The van der Waals surface area contributed by atoms with Crippen molar-refractivity contribution in [3.63, 3.8) is 0 Å². The molecule has 1 heterocycles. The highest BCUT2D eigenvalue weighted by atomic mass is 35.5. The number of hydrogen-bond acceptors (Lipinski definition) is 3. The molecule has 0 saturated carbocycles. The lowest BCUT2D eigenvalue weighted by molar-refractivity contribution is -0.116. The monoisotopic (exact) mass is 316 g/mol. The SMILES string of the molecule is O=C(CCN1CCCCS1(=O)=O)Nc1cccc(Cl)c1. The molecule has 1 saturated heterocycles. The van der Waals surface area contributed by atoms with Gasteiger partial charge in [0.2, 0.25) is 15.9 Å². The minimum absolute atomic E-state index is 0.145. The average molecular weight is 317 g/mol. The lowest BCUT2D eigenvalue weighted by atomic mass is 10.3. The standard InChI is InChI=1S/C13H17ClN2O3S/c14-11-4-3-5-12(10-11)15-13(17)6-8-16-7-1-2-9-20(16,18)19/h3-5,10H,1-2,6-9H2,(H,15,17). The summed E-state index contributed by atoms with van der Waals surface area (Å²) in [6, 6.07) is 6.85. The first-order valence-corrected chi connectivity index (χ1v) is 8.49. The normalized spacial score (nSPS) is 18.6. The summed E-state index contributed by atoms with van der Waals surface area (Å²) in [5.74, 6) is -0.0313. The van der Waals surface area contributed by atoms with Gasteiger partial charge in [-0.1, -0.05) is 17.7 Å². The number of amides is 1. The zero-order chi connectivity index (χ0) is 14.6. The van der Waals surface area contributed by atoms with Crippen LogP contribution in [0, 0.1) is 0 Å². The van der Waals surface area contributed by atoms with Gasteiger partial charge in [0.05, 0.1) is 5.75 Å². The number of nitrogens with zero attached hydrogens (tertiary/aromatic N) is 1. The first-order valence-electron chi connectivity index (χ1n) is 6.51. The summed E-state index contributed by atoms with van der Waals surface area (Å²) in [7, 11) is -3.17. The van der Waals surface area contributed by atoms with Gasteiger partial charge in [0, 0.05) is 30.2 Å². The molecule has 0 unspecified atom stereocenters. The Hall–Kier alpha value is -1.11. The van der Waals surface area contributed by atoms with E-state index in [0.717, 1.165) is 6.42 Å². The molecule has 1 fully saturated rings. The molecule has 20 heavy (non-hydrogen) atoms. The summed E-state index contributed by atoms with van der Waals surface area (Å²) in [5, 5.41) is 3.25. The van der Waals surface area contributed by atoms with Crippen LogP contribution in [-0.2, 0) is 14.8 Å². The third-order valence-corrected chi connectivity index (χ3v) is 5.34. The molecule has 1 aromatic rings. The second-order valence-corrected chi connectivity index (χ2v) is 7.26. The van der Waals surface area contributed by atoms with Gasteiger partial charge in [-0.2, -0.15) is 0 Å². The minimum atomic E-state index is -3.17. The molecule has 0 bridgehead atoms. The van der Waals surface area contributed by atoms with E-state index in [1.807, 2.05) is 0 Å². The maximum Gasteiger partial charge on any atom is 0.225 e. The van der Waals surface area contributed by atoms with Crippen LogP contribution >= 0.6 is 11.6 Å². The molecule has 7 heteroatoms. The molecular formula is C13H17ClN2O3S. The second-order valence-electron chi connectivity index (χ2n) is 4.73.